The Morgan fingerprint density at radius 3 is 1.97 bits per heavy atom. The van der Waals surface area contributed by atoms with Crippen LogP contribution in [-0.4, -0.2) is 26.0 Å². The van der Waals surface area contributed by atoms with Crippen LogP contribution in [-0.2, 0) is 31.3 Å². The first-order chi connectivity index (χ1) is 16.7. The van der Waals surface area contributed by atoms with E-state index in [0.29, 0.717) is 16.9 Å². The van der Waals surface area contributed by atoms with E-state index in [1.807, 2.05) is 12.1 Å². The number of amides is 2. The van der Waals surface area contributed by atoms with Crippen LogP contribution in [0.2, 0.25) is 0 Å². The highest BCUT2D eigenvalue weighted by molar-refractivity contribution is 7.91. The van der Waals surface area contributed by atoms with Crippen molar-refractivity contribution < 1.29 is 22.4 Å². The quantitative estimate of drug-likeness (QED) is 0.468. The summed E-state index contributed by atoms with van der Waals surface area (Å²) < 4.78 is 37.0. The Labute approximate surface area is 204 Å². The highest BCUT2D eigenvalue weighted by atomic mass is 32.2. The average Bonchev–Trinajstić information content (AvgIpc) is 2.81. The highest BCUT2D eigenvalue weighted by Crippen LogP contribution is 2.45. The Kier molecular flexibility index (Phi) is 7.03. The summed E-state index contributed by atoms with van der Waals surface area (Å²) in [6.45, 7) is 1.59. The monoisotopic (exact) mass is 494 g/mol. The number of nitrogens with one attached hydrogen (secondary N) is 2. The van der Waals surface area contributed by atoms with Crippen LogP contribution in [0.25, 0.3) is 0 Å². The molecule has 0 unspecified atom stereocenters. The van der Waals surface area contributed by atoms with Crippen molar-refractivity contribution in [2.45, 2.75) is 42.9 Å². The minimum Gasteiger partial charge on any atom is -0.326 e. The van der Waals surface area contributed by atoms with Gasteiger partial charge in [-0.2, -0.15) is 0 Å². The lowest BCUT2D eigenvalue weighted by Crippen LogP contribution is -2.46. The number of carbonyl (C=O) groups is 2. The van der Waals surface area contributed by atoms with Gasteiger partial charge in [0.2, 0.25) is 11.8 Å². The fourth-order valence-electron chi connectivity index (χ4n) is 4.21. The molecule has 0 saturated heterocycles. The highest BCUT2D eigenvalue weighted by Gasteiger charge is 2.45. The molecule has 6 nitrogen and oxygen atoms in total. The predicted octanol–water partition coefficient (Wildman–Crippen LogP) is 4.86. The van der Waals surface area contributed by atoms with Crippen LogP contribution in [0, 0.1) is 5.82 Å². The van der Waals surface area contributed by atoms with E-state index < -0.39 is 15.3 Å². The lowest BCUT2D eigenvalue weighted by molar-refractivity contribution is -0.124. The summed E-state index contributed by atoms with van der Waals surface area (Å²) in [5.41, 5.74) is 2.09. The summed E-state index contributed by atoms with van der Waals surface area (Å²) in [7, 11) is -3.28. The van der Waals surface area contributed by atoms with Gasteiger partial charge < -0.3 is 10.6 Å². The number of sulfone groups is 1. The molecule has 2 amide bonds. The lowest BCUT2D eigenvalue weighted by atomic mass is 9.63. The van der Waals surface area contributed by atoms with E-state index >= 15 is 0 Å². The van der Waals surface area contributed by atoms with Crippen molar-refractivity contribution in [2.75, 3.05) is 16.4 Å². The van der Waals surface area contributed by atoms with Gasteiger partial charge in [0, 0.05) is 11.4 Å². The Morgan fingerprint density at radius 1 is 0.857 bits per heavy atom. The van der Waals surface area contributed by atoms with Gasteiger partial charge in [0.1, 0.15) is 5.82 Å². The van der Waals surface area contributed by atoms with E-state index in [0.717, 1.165) is 24.8 Å². The Balaban J connectivity index is 1.39. The summed E-state index contributed by atoms with van der Waals surface area (Å²) in [6.07, 6.45) is 2.48. The number of carbonyl (C=O) groups excluding carboxylic acids is 2. The van der Waals surface area contributed by atoms with Crippen molar-refractivity contribution in [1.82, 2.24) is 0 Å². The van der Waals surface area contributed by atoms with Gasteiger partial charge >= 0.3 is 0 Å². The van der Waals surface area contributed by atoms with Gasteiger partial charge in [0.25, 0.3) is 0 Å². The SMILES string of the molecule is CCS(=O)(=O)c1ccc(CC(=O)Nc2ccc(C3(C(=O)Nc4ccc(F)cc4)CCC3)cc2)cc1. The third kappa shape index (κ3) is 5.43. The first-order valence-corrected chi connectivity index (χ1v) is 13.2. The van der Waals surface area contributed by atoms with E-state index in [2.05, 4.69) is 10.6 Å². The van der Waals surface area contributed by atoms with Gasteiger partial charge in [-0.25, -0.2) is 12.8 Å². The second kappa shape index (κ2) is 10.00. The fourth-order valence-corrected chi connectivity index (χ4v) is 5.09. The zero-order chi connectivity index (χ0) is 25.1. The molecular weight excluding hydrogens is 467 g/mol. The van der Waals surface area contributed by atoms with Crippen LogP contribution in [0.3, 0.4) is 0 Å². The van der Waals surface area contributed by atoms with Crippen molar-refractivity contribution in [3.8, 4) is 0 Å². The summed E-state index contributed by atoms with van der Waals surface area (Å²) >= 11 is 0. The Morgan fingerprint density at radius 2 is 1.43 bits per heavy atom. The molecular formula is C27H27FN2O4S. The number of benzene rings is 3. The second-order valence-corrected chi connectivity index (χ2v) is 11.0. The number of rotatable bonds is 8. The molecule has 8 heteroatoms. The van der Waals surface area contributed by atoms with Gasteiger partial charge in [0.15, 0.2) is 9.84 Å². The molecule has 1 aliphatic carbocycles. The molecule has 3 aromatic rings. The van der Waals surface area contributed by atoms with E-state index in [4.69, 9.17) is 0 Å². The van der Waals surface area contributed by atoms with Crippen molar-refractivity contribution in [1.29, 1.82) is 0 Å². The zero-order valence-corrected chi connectivity index (χ0v) is 20.2. The third-order valence-corrected chi connectivity index (χ3v) is 8.24. The summed E-state index contributed by atoms with van der Waals surface area (Å²) in [4.78, 5) is 25.8. The van der Waals surface area contributed by atoms with E-state index in [-0.39, 0.29) is 34.7 Å². The van der Waals surface area contributed by atoms with Crippen LogP contribution in [0.4, 0.5) is 15.8 Å². The summed E-state index contributed by atoms with van der Waals surface area (Å²) in [5, 5.41) is 5.73. The van der Waals surface area contributed by atoms with Crippen LogP contribution in [0.15, 0.2) is 77.7 Å². The molecule has 182 valence electrons. The minimum absolute atomic E-state index is 0.0258. The smallest absolute Gasteiger partial charge is 0.235 e. The molecule has 1 saturated carbocycles. The molecule has 1 fully saturated rings. The van der Waals surface area contributed by atoms with E-state index in [1.54, 1.807) is 31.2 Å². The van der Waals surface area contributed by atoms with Gasteiger partial charge in [-0.15, -0.1) is 0 Å². The van der Waals surface area contributed by atoms with Crippen LogP contribution in [0.5, 0.6) is 0 Å². The molecule has 0 atom stereocenters. The predicted molar refractivity (Wildman–Crippen MR) is 134 cm³/mol. The molecule has 0 heterocycles. The normalized spacial score (nSPS) is 14.6. The fraction of sp³-hybridized carbons (Fsp3) is 0.259. The van der Waals surface area contributed by atoms with Crippen molar-refractivity contribution in [2.24, 2.45) is 0 Å². The van der Waals surface area contributed by atoms with E-state index in [9.17, 15) is 22.4 Å². The largest absolute Gasteiger partial charge is 0.326 e. The molecule has 4 rings (SSSR count). The van der Waals surface area contributed by atoms with Crippen molar-refractivity contribution in [3.63, 3.8) is 0 Å². The molecule has 3 aromatic carbocycles. The van der Waals surface area contributed by atoms with Crippen LogP contribution >= 0.6 is 0 Å². The maximum Gasteiger partial charge on any atom is 0.235 e. The summed E-state index contributed by atoms with van der Waals surface area (Å²) in [5.74, 6) is -0.685. The maximum atomic E-state index is 13.2. The zero-order valence-electron chi connectivity index (χ0n) is 19.4. The molecule has 35 heavy (non-hydrogen) atoms. The molecule has 0 radical (unpaired) electrons. The first kappa shape index (κ1) is 24.6. The van der Waals surface area contributed by atoms with Crippen molar-refractivity contribution >= 4 is 33.0 Å². The van der Waals surface area contributed by atoms with Gasteiger partial charge in [-0.05, 0) is 72.5 Å². The van der Waals surface area contributed by atoms with Gasteiger partial charge in [-0.1, -0.05) is 37.6 Å². The molecule has 0 spiro atoms. The third-order valence-electron chi connectivity index (χ3n) is 6.49. The summed E-state index contributed by atoms with van der Waals surface area (Å²) in [6, 6.07) is 19.3. The molecule has 0 aromatic heterocycles. The molecule has 0 bridgehead atoms. The van der Waals surface area contributed by atoms with Crippen LogP contribution < -0.4 is 10.6 Å². The topological polar surface area (TPSA) is 92.3 Å². The van der Waals surface area contributed by atoms with E-state index in [1.165, 1.54) is 36.4 Å². The molecule has 1 aliphatic rings. The van der Waals surface area contributed by atoms with Gasteiger partial charge in [0.05, 0.1) is 22.5 Å². The second-order valence-electron chi connectivity index (χ2n) is 8.75. The Bertz CT molecular complexity index is 1320. The lowest BCUT2D eigenvalue weighted by Gasteiger charge is -2.40. The van der Waals surface area contributed by atoms with Crippen molar-refractivity contribution in [3.05, 3.63) is 89.7 Å². The first-order valence-electron chi connectivity index (χ1n) is 11.5. The van der Waals surface area contributed by atoms with Gasteiger partial charge in [-0.3, -0.25) is 9.59 Å². The standard InChI is InChI=1S/C27H27FN2O4S/c1-2-35(33,34)24-14-4-19(5-15-24)18-25(31)29-22-10-6-20(7-11-22)27(16-3-17-27)26(32)30-23-12-8-21(28)9-13-23/h4-15H,2-3,16-18H2,1H3,(H,29,31)(H,30,32). The average molecular weight is 495 g/mol. The number of anilines is 2. The minimum atomic E-state index is -3.28. The Hall–Kier alpha value is -3.52. The number of hydrogen-bond acceptors (Lipinski definition) is 4. The van der Waals surface area contributed by atoms with Crippen LogP contribution in [0.1, 0.15) is 37.3 Å². The number of hydrogen-bond donors (Lipinski definition) is 2. The maximum absolute atomic E-state index is 13.2. The molecule has 2 N–H and O–H groups in total. The molecule has 0 aliphatic heterocycles. The number of halogens is 1.